The zero-order valence-electron chi connectivity index (χ0n) is 22.1. The maximum absolute atomic E-state index is 13.5. The number of amides is 1. The van der Waals surface area contributed by atoms with Crippen molar-refractivity contribution in [3.05, 3.63) is 113 Å². The third kappa shape index (κ3) is 6.82. The van der Waals surface area contributed by atoms with Gasteiger partial charge in [0.1, 0.15) is 6.54 Å². The lowest BCUT2D eigenvalue weighted by atomic mass is 10.1. The Bertz CT molecular complexity index is 1760. The van der Waals surface area contributed by atoms with Crippen molar-refractivity contribution in [1.82, 2.24) is 0 Å². The molecule has 2 N–H and O–H groups in total. The molecule has 0 aliphatic carbocycles. The molecule has 4 aromatic rings. The monoisotopic (exact) mass is 597 g/mol. The highest BCUT2D eigenvalue weighted by Crippen LogP contribution is 2.27. The lowest BCUT2D eigenvalue weighted by molar-refractivity contribution is -0.114. The van der Waals surface area contributed by atoms with Gasteiger partial charge in [-0.1, -0.05) is 41.4 Å². The Morgan fingerprint density at radius 3 is 2.00 bits per heavy atom. The first kappa shape index (κ1) is 29.1. The van der Waals surface area contributed by atoms with Crippen LogP contribution in [0.2, 0.25) is 5.02 Å². The van der Waals surface area contributed by atoms with Crippen molar-refractivity contribution >= 4 is 54.6 Å². The number of benzene rings is 4. The molecule has 0 unspecified atom stereocenters. The molecule has 0 aromatic heterocycles. The first-order valence-corrected chi connectivity index (χ1v) is 15.5. The normalized spacial score (nSPS) is 11.6. The van der Waals surface area contributed by atoms with E-state index in [0.717, 1.165) is 21.0 Å². The van der Waals surface area contributed by atoms with Gasteiger partial charge in [-0.3, -0.25) is 13.8 Å². The Kier molecular flexibility index (Phi) is 8.53. The van der Waals surface area contributed by atoms with Crippen molar-refractivity contribution in [1.29, 1.82) is 0 Å². The van der Waals surface area contributed by atoms with Crippen LogP contribution in [0.1, 0.15) is 16.7 Å². The Labute approximate surface area is 239 Å². The highest BCUT2D eigenvalue weighted by atomic mass is 35.5. The van der Waals surface area contributed by atoms with Crippen LogP contribution in [0, 0.1) is 20.8 Å². The molecule has 0 saturated heterocycles. The molecule has 0 radical (unpaired) electrons. The maximum atomic E-state index is 13.5. The molecule has 0 spiro atoms. The number of sulfonamides is 2. The van der Waals surface area contributed by atoms with Crippen LogP contribution in [0.5, 0.6) is 0 Å². The average Bonchev–Trinajstić information content (AvgIpc) is 2.90. The van der Waals surface area contributed by atoms with Gasteiger partial charge in [0, 0.05) is 16.4 Å². The molecule has 4 rings (SSSR count). The van der Waals surface area contributed by atoms with E-state index in [2.05, 4.69) is 10.0 Å². The third-order valence-corrected chi connectivity index (χ3v) is 9.62. The molecule has 40 heavy (non-hydrogen) atoms. The van der Waals surface area contributed by atoms with E-state index in [9.17, 15) is 21.6 Å². The third-order valence-electron chi connectivity index (χ3n) is 6.20. The molecule has 208 valence electrons. The first-order valence-electron chi connectivity index (χ1n) is 12.2. The van der Waals surface area contributed by atoms with Crippen molar-refractivity contribution in [2.75, 3.05) is 20.9 Å². The van der Waals surface area contributed by atoms with Gasteiger partial charge in [0.05, 0.1) is 15.5 Å². The van der Waals surface area contributed by atoms with E-state index in [0.29, 0.717) is 16.4 Å². The predicted molar refractivity (Wildman–Crippen MR) is 159 cm³/mol. The van der Waals surface area contributed by atoms with Gasteiger partial charge in [-0.25, -0.2) is 16.8 Å². The molecule has 8 nitrogen and oxygen atoms in total. The zero-order valence-corrected chi connectivity index (χ0v) is 24.4. The lowest BCUT2D eigenvalue weighted by Gasteiger charge is -2.24. The van der Waals surface area contributed by atoms with E-state index in [1.165, 1.54) is 42.5 Å². The predicted octanol–water partition coefficient (Wildman–Crippen LogP) is 5.90. The van der Waals surface area contributed by atoms with Gasteiger partial charge in [0.25, 0.3) is 20.0 Å². The fourth-order valence-electron chi connectivity index (χ4n) is 3.85. The summed E-state index contributed by atoms with van der Waals surface area (Å²) in [6, 6.07) is 23.4. The summed E-state index contributed by atoms with van der Waals surface area (Å²) in [5.74, 6) is -0.625. The summed E-state index contributed by atoms with van der Waals surface area (Å²) in [7, 11) is -7.97. The molecular weight excluding hydrogens is 570 g/mol. The largest absolute Gasteiger partial charge is 0.325 e. The number of nitrogens with zero attached hydrogens (tertiary/aromatic N) is 1. The summed E-state index contributed by atoms with van der Waals surface area (Å²) in [6.45, 7) is 5.14. The number of halogens is 1. The van der Waals surface area contributed by atoms with Crippen molar-refractivity contribution < 1.29 is 21.6 Å². The minimum absolute atomic E-state index is 0.00577. The van der Waals surface area contributed by atoms with E-state index in [1.807, 2.05) is 26.8 Å². The molecule has 0 heterocycles. The highest BCUT2D eigenvalue weighted by Gasteiger charge is 2.27. The van der Waals surface area contributed by atoms with E-state index in [4.69, 9.17) is 11.6 Å². The van der Waals surface area contributed by atoms with E-state index in [-0.39, 0.29) is 15.5 Å². The summed E-state index contributed by atoms with van der Waals surface area (Å²) in [5.41, 5.74) is 3.85. The number of hydrogen-bond acceptors (Lipinski definition) is 5. The number of nitrogens with one attached hydrogen (secondary N) is 2. The van der Waals surface area contributed by atoms with Gasteiger partial charge in [0.2, 0.25) is 5.91 Å². The van der Waals surface area contributed by atoms with E-state index < -0.39 is 32.5 Å². The second-order valence-corrected chi connectivity index (χ2v) is 13.3. The highest BCUT2D eigenvalue weighted by molar-refractivity contribution is 7.93. The van der Waals surface area contributed by atoms with Crippen LogP contribution >= 0.6 is 11.6 Å². The number of carbonyl (C=O) groups excluding carboxylic acids is 1. The molecule has 0 atom stereocenters. The molecular formula is C29H28ClN3O5S2. The van der Waals surface area contributed by atoms with Crippen molar-refractivity contribution in [3.8, 4) is 0 Å². The van der Waals surface area contributed by atoms with Gasteiger partial charge in [-0.15, -0.1) is 0 Å². The van der Waals surface area contributed by atoms with Crippen molar-refractivity contribution in [2.24, 2.45) is 0 Å². The van der Waals surface area contributed by atoms with Crippen LogP contribution in [-0.4, -0.2) is 29.3 Å². The molecule has 4 aromatic carbocycles. The van der Waals surface area contributed by atoms with E-state index >= 15 is 0 Å². The molecule has 0 bridgehead atoms. The summed E-state index contributed by atoms with van der Waals surface area (Å²) in [6.07, 6.45) is 0. The molecule has 0 aliphatic heterocycles. The van der Waals surface area contributed by atoms with Crippen LogP contribution in [0.4, 0.5) is 17.1 Å². The molecule has 1 amide bonds. The molecule has 0 aliphatic rings. The van der Waals surface area contributed by atoms with Gasteiger partial charge >= 0.3 is 0 Å². The number of carbonyl (C=O) groups is 1. The number of hydrogen-bond donors (Lipinski definition) is 2. The number of anilines is 3. The fourth-order valence-corrected chi connectivity index (χ4v) is 6.50. The van der Waals surface area contributed by atoms with Gasteiger partial charge in [0.15, 0.2) is 0 Å². The fraction of sp³-hybridized carbons (Fsp3) is 0.138. The second-order valence-electron chi connectivity index (χ2n) is 9.28. The summed E-state index contributed by atoms with van der Waals surface area (Å²) >= 11 is 6.11. The smallest absolute Gasteiger partial charge is 0.264 e. The van der Waals surface area contributed by atoms with Crippen LogP contribution in [0.3, 0.4) is 0 Å². The SMILES string of the molecule is Cc1ccc(S(=O)(=O)N(CC(=O)Nc2ccc(S(=O)(=O)Nc3ccc(C)c(C)c3)cc2)c2cccc(Cl)c2)cc1. The Morgan fingerprint density at radius 1 is 0.750 bits per heavy atom. The number of aryl methyl sites for hydroxylation is 3. The van der Waals surface area contributed by atoms with Crippen LogP contribution in [0.25, 0.3) is 0 Å². The maximum Gasteiger partial charge on any atom is 0.264 e. The summed E-state index contributed by atoms with van der Waals surface area (Å²) < 4.78 is 56.2. The van der Waals surface area contributed by atoms with Gasteiger partial charge in [-0.2, -0.15) is 0 Å². The van der Waals surface area contributed by atoms with Crippen molar-refractivity contribution in [3.63, 3.8) is 0 Å². The Hall–Kier alpha value is -3.86. The average molecular weight is 598 g/mol. The second kappa shape index (κ2) is 11.7. The van der Waals surface area contributed by atoms with E-state index in [1.54, 1.807) is 42.5 Å². The molecule has 0 fully saturated rings. The lowest BCUT2D eigenvalue weighted by Crippen LogP contribution is -2.38. The Morgan fingerprint density at radius 2 is 1.38 bits per heavy atom. The van der Waals surface area contributed by atoms with Gasteiger partial charge < -0.3 is 5.32 Å². The Balaban J connectivity index is 1.53. The topological polar surface area (TPSA) is 113 Å². The standard InChI is InChI=1S/C29H28ClN3O5S2/c1-20-7-13-28(14-8-20)40(37,38)33(26-6-4-5-23(30)18-26)19-29(34)31-24-11-15-27(16-12-24)39(35,36)32-25-10-9-21(2)22(3)17-25/h4-18,32H,19H2,1-3H3,(H,31,34). The summed E-state index contributed by atoms with van der Waals surface area (Å²) in [5, 5.41) is 2.95. The van der Waals surface area contributed by atoms with Crippen LogP contribution in [-0.2, 0) is 24.8 Å². The minimum atomic E-state index is -4.11. The minimum Gasteiger partial charge on any atom is -0.325 e. The van der Waals surface area contributed by atoms with Crippen LogP contribution < -0.4 is 14.3 Å². The first-order chi connectivity index (χ1) is 18.8. The quantitative estimate of drug-likeness (QED) is 0.249. The molecule has 11 heteroatoms. The van der Waals surface area contributed by atoms with Gasteiger partial charge in [-0.05, 0) is 98.6 Å². The zero-order chi connectivity index (χ0) is 29.1. The summed E-state index contributed by atoms with van der Waals surface area (Å²) in [4.78, 5) is 13.0. The molecule has 0 saturated carbocycles. The number of rotatable bonds is 9. The van der Waals surface area contributed by atoms with Crippen molar-refractivity contribution in [2.45, 2.75) is 30.6 Å². The van der Waals surface area contributed by atoms with Crippen LogP contribution in [0.15, 0.2) is 101 Å².